The number of hydrogen-bond donors (Lipinski definition) is 1. The summed E-state index contributed by atoms with van der Waals surface area (Å²) in [4.78, 5) is 0. The Morgan fingerprint density at radius 1 is 1.55 bits per heavy atom. The standard InChI is InChI=1S/C9H18O2/c1-3-4-5-8-6-9(10)11-7(8)2/h7-10H,3-6H2,1-2H3/t7-,8+,9?/m0/s1. The topological polar surface area (TPSA) is 29.5 Å². The van der Waals surface area contributed by atoms with Gasteiger partial charge in [0.05, 0.1) is 6.10 Å². The Labute approximate surface area is 68.6 Å². The molecule has 3 atom stereocenters. The molecule has 1 saturated heterocycles. The van der Waals surface area contributed by atoms with Crippen LogP contribution in [-0.2, 0) is 4.74 Å². The van der Waals surface area contributed by atoms with Crippen LogP contribution in [0.25, 0.3) is 0 Å². The van der Waals surface area contributed by atoms with Gasteiger partial charge in [-0.05, 0) is 19.3 Å². The number of ether oxygens (including phenoxy) is 1. The van der Waals surface area contributed by atoms with E-state index in [-0.39, 0.29) is 6.10 Å². The Balaban J connectivity index is 2.23. The van der Waals surface area contributed by atoms with Gasteiger partial charge in [0, 0.05) is 6.42 Å². The summed E-state index contributed by atoms with van der Waals surface area (Å²) in [6.45, 7) is 4.24. The molecule has 66 valence electrons. The van der Waals surface area contributed by atoms with Gasteiger partial charge in [-0.3, -0.25) is 0 Å². The van der Waals surface area contributed by atoms with Crippen molar-refractivity contribution in [2.24, 2.45) is 5.92 Å². The first kappa shape index (κ1) is 9.01. The molecule has 1 N–H and O–H groups in total. The van der Waals surface area contributed by atoms with E-state index in [0.717, 1.165) is 6.42 Å². The van der Waals surface area contributed by atoms with E-state index in [1.54, 1.807) is 0 Å². The lowest BCUT2D eigenvalue weighted by Crippen LogP contribution is -2.11. The van der Waals surface area contributed by atoms with Crippen LogP contribution in [0.4, 0.5) is 0 Å². The number of unbranched alkanes of at least 4 members (excludes halogenated alkanes) is 1. The van der Waals surface area contributed by atoms with Gasteiger partial charge in [0.15, 0.2) is 6.29 Å². The zero-order valence-corrected chi connectivity index (χ0v) is 7.42. The molecule has 0 aromatic carbocycles. The van der Waals surface area contributed by atoms with Gasteiger partial charge < -0.3 is 9.84 Å². The molecule has 1 aliphatic heterocycles. The highest BCUT2D eigenvalue weighted by molar-refractivity contribution is 4.74. The Morgan fingerprint density at radius 2 is 2.27 bits per heavy atom. The van der Waals surface area contributed by atoms with E-state index in [9.17, 15) is 0 Å². The summed E-state index contributed by atoms with van der Waals surface area (Å²) in [6.07, 6.45) is 4.30. The molecule has 1 heterocycles. The summed E-state index contributed by atoms with van der Waals surface area (Å²) < 4.78 is 5.23. The molecule has 11 heavy (non-hydrogen) atoms. The molecule has 1 fully saturated rings. The van der Waals surface area contributed by atoms with E-state index in [2.05, 4.69) is 13.8 Å². The normalized spacial score (nSPS) is 37.9. The lowest BCUT2D eigenvalue weighted by molar-refractivity contribution is -0.0866. The molecule has 0 radical (unpaired) electrons. The molecule has 0 aromatic rings. The minimum Gasteiger partial charge on any atom is -0.368 e. The first-order chi connectivity index (χ1) is 5.24. The third kappa shape index (κ3) is 2.46. The Kier molecular flexibility index (Phi) is 3.34. The van der Waals surface area contributed by atoms with Crippen LogP contribution in [0.2, 0.25) is 0 Å². The molecule has 1 aliphatic rings. The zero-order valence-electron chi connectivity index (χ0n) is 7.42. The van der Waals surface area contributed by atoms with Crippen molar-refractivity contribution in [1.82, 2.24) is 0 Å². The van der Waals surface area contributed by atoms with E-state index in [1.165, 1.54) is 19.3 Å². The monoisotopic (exact) mass is 158 g/mol. The lowest BCUT2D eigenvalue weighted by atomic mass is 9.96. The van der Waals surface area contributed by atoms with Gasteiger partial charge in [0.1, 0.15) is 0 Å². The van der Waals surface area contributed by atoms with Crippen molar-refractivity contribution in [3.05, 3.63) is 0 Å². The van der Waals surface area contributed by atoms with Gasteiger partial charge in [-0.25, -0.2) is 0 Å². The van der Waals surface area contributed by atoms with Crippen LogP contribution in [0, 0.1) is 5.92 Å². The number of hydrogen-bond acceptors (Lipinski definition) is 2. The van der Waals surface area contributed by atoms with Crippen LogP contribution >= 0.6 is 0 Å². The molecule has 1 rings (SSSR count). The fourth-order valence-corrected chi connectivity index (χ4v) is 1.68. The van der Waals surface area contributed by atoms with Crippen LogP contribution in [-0.4, -0.2) is 17.5 Å². The van der Waals surface area contributed by atoms with Gasteiger partial charge in [-0.2, -0.15) is 0 Å². The summed E-state index contributed by atoms with van der Waals surface area (Å²) in [6, 6.07) is 0. The minimum absolute atomic E-state index is 0.261. The van der Waals surface area contributed by atoms with E-state index >= 15 is 0 Å². The summed E-state index contributed by atoms with van der Waals surface area (Å²) in [5, 5.41) is 9.15. The van der Waals surface area contributed by atoms with Crippen molar-refractivity contribution >= 4 is 0 Å². The molecule has 1 unspecified atom stereocenters. The van der Waals surface area contributed by atoms with E-state index in [0.29, 0.717) is 5.92 Å². The number of aliphatic hydroxyl groups excluding tert-OH is 1. The van der Waals surface area contributed by atoms with Gasteiger partial charge in [-0.1, -0.05) is 19.8 Å². The van der Waals surface area contributed by atoms with E-state index < -0.39 is 6.29 Å². The fourth-order valence-electron chi connectivity index (χ4n) is 1.68. The molecule has 0 saturated carbocycles. The summed E-state index contributed by atoms with van der Waals surface area (Å²) in [7, 11) is 0. The van der Waals surface area contributed by atoms with Gasteiger partial charge in [0.2, 0.25) is 0 Å². The Bertz CT molecular complexity index is 114. The SMILES string of the molecule is CCCC[C@@H]1CC(O)O[C@H]1C. The average Bonchev–Trinajstić information content (AvgIpc) is 2.26. The quantitative estimate of drug-likeness (QED) is 0.680. The molecular weight excluding hydrogens is 140 g/mol. The van der Waals surface area contributed by atoms with Crippen LogP contribution in [0.3, 0.4) is 0 Å². The van der Waals surface area contributed by atoms with Crippen molar-refractivity contribution in [3.63, 3.8) is 0 Å². The largest absolute Gasteiger partial charge is 0.368 e. The fraction of sp³-hybridized carbons (Fsp3) is 1.00. The van der Waals surface area contributed by atoms with Crippen LogP contribution in [0.1, 0.15) is 39.5 Å². The van der Waals surface area contributed by atoms with Gasteiger partial charge in [0.25, 0.3) is 0 Å². The van der Waals surface area contributed by atoms with Gasteiger partial charge in [-0.15, -0.1) is 0 Å². The van der Waals surface area contributed by atoms with E-state index in [1.807, 2.05) is 0 Å². The molecule has 0 amide bonds. The highest BCUT2D eigenvalue weighted by Gasteiger charge is 2.29. The third-order valence-electron chi connectivity index (χ3n) is 2.47. The maximum atomic E-state index is 9.15. The highest BCUT2D eigenvalue weighted by Crippen LogP contribution is 2.28. The maximum Gasteiger partial charge on any atom is 0.155 e. The molecule has 0 aliphatic carbocycles. The lowest BCUT2D eigenvalue weighted by Gasteiger charge is -2.11. The highest BCUT2D eigenvalue weighted by atomic mass is 16.6. The average molecular weight is 158 g/mol. The number of aliphatic hydroxyl groups is 1. The second kappa shape index (κ2) is 4.07. The molecule has 0 spiro atoms. The van der Waals surface area contributed by atoms with Crippen molar-refractivity contribution in [1.29, 1.82) is 0 Å². The van der Waals surface area contributed by atoms with Crippen molar-refractivity contribution in [3.8, 4) is 0 Å². The third-order valence-corrected chi connectivity index (χ3v) is 2.47. The first-order valence-corrected chi connectivity index (χ1v) is 4.57. The Morgan fingerprint density at radius 3 is 2.73 bits per heavy atom. The minimum atomic E-state index is -0.494. The van der Waals surface area contributed by atoms with Crippen LogP contribution in [0.15, 0.2) is 0 Å². The maximum absolute atomic E-state index is 9.15. The number of rotatable bonds is 3. The molecule has 2 heteroatoms. The first-order valence-electron chi connectivity index (χ1n) is 4.57. The molecular formula is C9H18O2. The molecule has 0 bridgehead atoms. The Hall–Kier alpha value is -0.0800. The molecule has 0 aromatic heterocycles. The van der Waals surface area contributed by atoms with Gasteiger partial charge >= 0.3 is 0 Å². The predicted molar refractivity (Wildman–Crippen MR) is 44.2 cm³/mol. The van der Waals surface area contributed by atoms with Crippen molar-refractivity contribution < 1.29 is 9.84 Å². The van der Waals surface area contributed by atoms with E-state index in [4.69, 9.17) is 9.84 Å². The van der Waals surface area contributed by atoms with Crippen LogP contribution < -0.4 is 0 Å². The second-order valence-corrected chi connectivity index (χ2v) is 3.43. The predicted octanol–water partition coefficient (Wildman–Crippen LogP) is 1.92. The van der Waals surface area contributed by atoms with Crippen molar-refractivity contribution in [2.45, 2.75) is 51.9 Å². The van der Waals surface area contributed by atoms with Crippen LogP contribution in [0.5, 0.6) is 0 Å². The molecule has 2 nitrogen and oxygen atoms in total. The summed E-state index contributed by atoms with van der Waals surface area (Å²) in [5.41, 5.74) is 0. The smallest absolute Gasteiger partial charge is 0.155 e. The zero-order chi connectivity index (χ0) is 8.27. The second-order valence-electron chi connectivity index (χ2n) is 3.43. The summed E-state index contributed by atoms with van der Waals surface area (Å²) >= 11 is 0. The summed E-state index contributed by atoms with van der Waals surface area (Å²) in [5.74, 6) is 0.588. The van der Waals surface area contributed by atoms with Crippen molar-refractivity contribution in [2.75, 3.05) is 0 Å².